The maximum absolute atomic E-state index is 13.4. The van der Waals surface area contributed by atoms with Crippen molar-refractivity contribution in [1.29, 1.82) is 0 Å². The number of allylic oxidation sites excluding steroid dienone is 1. The van der Waals surface area contributed by atoms with Gasteiger partial charge in [0.15, 0.2) is 12.4 Å². The van der Waals surface area contributed by atoms with Crippen molar-refractivity contribution in [3.63, 3.8) is 0 Å². The van der Waals surface area contributed by atoms with Crippen LogP contribution in [-0.4, -0.2) is 58.5 Å². The number of esters is 1. The van der Waals surface area contributed by atoms with Gasteiger partial charge < -0.3 is 20.3 Å². The Balaban J connectivity index is 1.13. The molecular formula is C33H42FNO7. The number of amides is 1. The Bertz CT molecular complexity index is 1280. The summed E-state index contributed by atoms with van der Waals surface area (Å²) in [4.78, 5) is 50.0. The minimum absolute atomic E-state index is 0.0270. The van der Waals surface area contributed by atoms with Crippen LogP contribution in [0.5, 0.6) is 0 Å². The van der Waals surface area contributed by atoms with E-state index in [9.17, 15) is 33.8 Å². The van der Waals surface area contributed by atoms with Crippen LogP contribution in [0.3, 0.4) is 0 Å². The molecule has 3 N–H and O–H groups in total. The lowest BCUT2D eigenvalue weighted by molar-refractivity contribution is -0.184. The number of nitrogens with one attached hydrogen (secondary N) is 1. The first-order valence-corrected chi connectivity index (χ1v) is 15.2. The topological polar surface area (TPSA) is 130 Å². The van der Waals surface area contributed by atoms with E-state index in [0.29, 0.717) is 32.2 Å². The number of benzene rings is 1. The molecule has 7 atom stereocenters. The lowest BCUT2D eigenvalue weighted by Crippen LogP contribution is -2.62. The minimum atomic E-state index is -1.72. The van der Waals surface area contributed by atoms with Crippen LogP contribution in [0.2, 0.25) is 0 Å². The van der Waals surface area contributed by atoms with Gasteiger partial charge in [0.25, 0.3) is 0 Å². The van der Waals surface area contributed by atoms with Crippen molar-refractivity contribution in [2.75, 3.05) is 13.2 Å². The summed E-state index contributed by atoms with van der Waals surface area (Å²) in [7, 11) is 0. The number of halogens is 1. The molecule has 0 saturated heterocycles. The SMILES string of the molecule is C[C@]12CCC(=O)C=C1CC[C@H]1[C@H]2[C@@H](O)C[C@@]2(C)[C@H]1CC[C@]2(O)C(=O)COC(=O)CCC(=O)NCCc1ccc(F)cc1. The first-order valence-electron chi connectivity index (χ1n) is 15.2. The van der Waals surface area contributed by atoms with Crippen molar-refractivity contribution < 1.29 is 38.5 Å². The largest absolute Gasteiger partial charge is 0.458 e. The zero-order valence-corrected chi connectivity index (χ0v) is 24.5. The molecular weight excluding hydrogens is 541 g/mol. The Kier molecular flexibility index (Phi) is 8.47. The lowest BCUT2D eigenvalue weighted by Gasteiger charge is -2.60. The Labute approximate surface area is 246 Å². The summed E-state index contributed by atoms with van der Waals surface area (Å²) in [6.45, 7) is 3.80. The van der Waals surface area contributed by atoms with Crippen molar-refractivity contribution in [3.8, 4) is 0 Å². The zero-order chi connectivity index (χ0) is 30.3. The molecule has 4 aliphatic carbocycles. The van der Waals surface area contributed by atoms with Crippen molar-refractivity contribution in [2.45, 2.75) is 89.8 Å². The molecule has 0 aliphatic heterocycles. The first kappa shape index (κ1) is 30.5. The molecule has 3 saturated carbocycles. The molecule has 228 valence electrons. The molecule has 0 spiro atoms. The molecule has 1 aromatic carbocycles. The van der Waals surface area contributed by atoms with Crippen LogP contribution in [0.15, 0.2) is 35.9 Å². The highest BCUT2D eigenvalue weighted by molar-refractivity contribution is 5.92. The number of hydrogen-bond donors (Lipinski definition) is 3. The average Bonchev–Trinajstić information content (AvgIpc) is 3.22. The van der Waals surface area contributed by atoms with Crippen molar-refractivity contribution in [2.24, 2.45) is 28.6 Å². The number of rotatable bonds is 9. The van der Waals surface area contributed by atoms with Crippen LogP contribution in [0.4, 0.5) is 4.39 Å². The van der Waals surface area contributed by atoms with Gasteiger partial charge in [-0.3, -0.25) is 19.2 Å². The fraction of sp³-hybridized carbons (Fsp3) is 0.636. The van der Waals surface area contributed by atoms with Gasteiger partial charge in [0.1, 0.15) is 11.4 Å². The predicted molar refractivity (Wildman–Crippen MR) is 151 cm³/mol. The highest BCUT2D eigenvalue weighted by Gasteiger charge is 2.68. The van der Waals surface area contributed by atoms with Gasteiger partial charge in [-0.25, -0.2) is 4.39 Å². The van der Waals surface area contributed by atoms with Crippen molar-refractivity contribution >= 4 is 23.4 Å². The third-order valence-electron chi connectivity index (χ3n) is 11.1. The molecule has 0 heterocycles. The summed E-state index contributed by atoms with van der Waals surface area (Å²) >= 11 is 0. The number of Topliss-reactive ketones (excluding diaryl/α,β-unsaturated/α-hetero) is 1. The third-order valence-corrected chi connectivity index (χ3v) is 11.1. The number of ketones is 2. The molecule has 0 aromatic heterocycles. The molecule has 5 rings (SSSR count). The van der Waals surface area contributed by atoms with Gasteiger partial charge in [-0.05, 0) is 91.9 Å². The highest BCUT2D eigenvalue weighted by atomic mass is 19.1. The Morgan fingerprint density at radius 1 is 1.07 bits per heavy atom. The van der Waals surface area contributed by atoms with Crippen LogP contribution < -0.4 is 5.32 Å². The summed E-state index contributed by atoms with van der Waals surface area (Å²) in [5.41, 5.74) is -0.836. The maximum atomic E-state index is 13.4. The maximum Gasteiger partial charge on any atom is 0.306 e. The number of carbonyl (C=O) groups excluding carboxylic acids is 4. The van der Waals surface area contributed by atoms with E-state index >= 15 is 0 Å². The molecule has 0 radical (unpaired) electrons. The van der Waals surface area contributed by atoms with Gasteiger partial charge in [0.2, 0.25) is 11.7 Å². The van der Waals surface area contributed by atoms with Crippen LogP contribution in [-0.2, 0) is 30.3 Å². The molecule has 0 unspecified atom stereocenters. The van der Waals surface area contributed by atoms with E-state index in [2.05, 4.69) is 12.2 Å². The van der Waals surface area contributed by atoms with Gasteiger partial charge in [0.05, 0.1) is 12.5 Å². The number of carbonyl (C=O) groups is 4. The quantitative estimate of drug-likeness (QED) is 0.379. The van der Waals surface area contributed by atoms with E-state index in [-0.39, 0.29) is 66.4 Å². The second-order valence-electron chi connectivity index (χ2n) is 13.3. The van der Waals surface area contributed by atoms with Crippen LogP contribution in [0, 0.1) is 34.4 Å². The van der Waals surface area contributed by atoms with E-state index in [4.69, 9.17) is 4.74 Å². The molecule has 9 heteroatoms. The molecule has 4 aliphatic rings. The number of ether oxygens (including phenoxy) is 1. The highest BCUT2D eigenvalue weighted by Crippen LogP contribution is 2.67. The van der Waals surface area contributed by atoms with E-state index in [1.165, 1.54) is 12.1 Å². The zero-order valence-electron chi connectivity index (χ0n) is 24.5. The number of hydrogen-bond acceptors (Lipinski definition) is 7. The summed E-state index contributed by atoms with van der Waals surface area (Å²) in [6.07, 6.45) is 5.22. The van der Waals surface area contributed by atoms with E-state index in [1.54, 1.807) is 18.2 Å². The number of fused-ring (bicyclic) bond motifs is 5. The Hall–Kier alpha value is -2.91. The standard InChI is InChI=1S/C33H42FNO7/c1-31-14-11-23(36)17-21(31)5-8-24-25-12-15-33(41,32(25,2)18-26(37)30(24)31)27(38)19-42-29(40)10-9-28(39)35-16-13-20-3-6-22(34)7-4-20/h3-4,6-7,17,24-26,30,37,41H,5,8-16,18-19H2,1-2H3,(H,35,39)/t24-,25+,26+,30+,31+,32+,33+/m1/s1. The first-order chi connectivity index (χ1) is 19.9. The molecule has 1 aromatic rings. The Morgan fingerprint density at radius 2 is 1.81 bits per heavy atom. The second-order valence-corrected chi connectivity index (χ2v) is 13.3. The molecule has 1 amide bonds. The average molecular weight is 584 g/mol. The third kappa shape index (κ3) is 5.46. The summed E-state index contributed by atoms with van der Waals surface area (Å²) < 4.78 is 18.2. The smallest absolute Gasteiger partial charge is 0.306 e. The summed E-state index contributed by atoms with van der Waals surface area (Å²) in [5, 5.41) is 26.0. The second kappa shape index (κ2) is 11.6. The summed E-state index contributed by atoms with van der Waals surface area (Å²) in [6, 6.07) is 6.00. The molecule has 8 nitrogen and oxygen atoms in total. The lowest BCUT2D eigenvalue weighted by atomic mass is 9.45. The van der Waals surface area contributed by atoms with Gasteiger partial charge in [0, 0.05) is 24.8 Å². The number of aliphatic hydroxyl groups is 2. The van der Waals surface area contributed by atoms with Gasteiger partial charge >= 0.3 is 5.97 Å². The van der Waals surface area contributed by atoms with Gasteiger partial charge in [-0.15, -0.1) is 0 Å². The van der Waals surface area contributed by atoms with Crippen molar-refractivity contribution in [1.82, 2.24) is 5.32 Å². The van der Waals surface area contributed by atoms with Gasteiger partial charge in [-0.1, -0.05) is 31.6 Å². The molecule has 0 bridgehead atoms. The fourth-order valence-electron chi connectivity index (χ4n) is 8.79. The van der Waals surface area contributed by atoms with E-state index < -0.39 is 35.5 Å². The molecule has 3 fully saturated rings. The fourth-order valence-corrected chi connectivity index (χ4v) is 8.79. The predicted octanol–water partition coefficient (Wildman–Crippen LogP) is 3.61. The van der Waals surface area contributed by atoms with E-state index in [0.717, 1.165) is 24.0 Å². The number of aliphatic hydroxyl groups excluding tert-OH is 1. The Morgan fingerprint density at radius 3 is 2.55 bits per heavy atom. The van der Waals surface area contributed by atoms with Gasteiger partial charge in [-0.2, -0.15) is 0 Å². The summed E-state index contributed by atoms with van der Waals surface area (Å²) in [5.74, 6) is -1.65. The van der Waals surface area contributed by atoms with Crippen LogP contribution in [0.1, 0.15) is 77.2 Å². The monoisotopic (exact) mass is 583 g/mol. The van der Waals surface area contributed by atoms with E-state index in [1.807, 2.05) is 6.92 Å². The van der Waals surface area contributed by atoms with Crippen molar-refractivity contribution in [3.05, 3.63) is 47.3 Å². The normalized spacial score (nSPS) is 35.4. The van der Waals surface area contributed by atoms with Crippen LogP contribution >= 0.6 is 0 Å². The minimum Gasteiger partial charge on any atom is -0.458 e. The van der Waals surface area contributed by atoms with Crippen LogP contribution in [0.25, 0.3) is 0 Å². The molecule has 42 heavy (non-hydrogen) atoms.